The van der Waals surface area contributed by atoms with E-state index in [1.807, 2.05) is 48.4 Å². The van der Waals surface area contributed by atoms with Gasteiger partial charge in [0.1, 0.15) is 0 Å². The summed E-state index contributed by atoms with van der Waals surface area (Å²) in [6, 6.07) is 9.79. The maximum atomic E-state index is 12.8. The monoisotopic (exact) mass is 340 g/mol. The van der Waals surface area contributed by atoms with Gasteiger partial charge in [0.15, 0.2) is 0 Å². The lowest BCUT2D eigenvalue weighted by molar-refractivity contribution is -0.119. The van der Waals surface area contributed by atoms with Crippen LogP contribution < -0.4 is 5.32 Å². The number of hydrogen-bond acceptors (Lipinski definition) is 3. The predicted molar refractivity (Wildman–Crippen MR) is 95.6 cm³/mol. The summed E-state index contributed by atoms with van der Waals surface area (Å²) in [6.45, 7) is 5.54. The minimum Gasteiger partial charge on any atom is -0.356 e. The number of aryl methyl sites for hydroxylation is 1. The molecule has 3 rings (SSSR count). The molecule has 1 aliphatic rings. The van der Waals surface area contributed by atoms with E-state index in [9.17, 15) is 9.59 Å². The molecule has 1 N–H and O–H groups in total. The highest BCUT2D eigenvalue weighted by Gasteiger charge is 2.26. The molecule has 0 saturated carbocycles. The fourth-order valence-electron chi connectivity index (χ4n) is 3.18. The smallest absolute Gasteiger partial charge is 0.257 e. The maximum absolute atomic E-state index is 12.8. The number of para-hydroxylation sites is 1. The van der Waals surface area contributed by atoms with Crippen LogP contribution in [0.15, 0.2) is 36.5 Å². The summed E-state index contributed by atoms with van der Waals surface area (Å²) in [5, 5.41) is 7.35. The van der Waals surface area contributed by atoms with Crippen LogP contribution in [0.1, 0.15) is 35.8 Å². The van der Waals surface area contributed by atoms with Gasteiger partial charge in [-0.2, -0.15) is 5.10 Å². The van der Waals surface area contributed by atoms with Crippen molar-refractivity contribution >= 4 is 11.8 Å². The van der Waals surface area contributed by atoms with Crippen molar-refractivity contribution in [3.8, 4) is 5.69 Å². The minimum absolute atomic E-state index is 0.00227. The first-order valence-corrected chi connectivity index (χ1v) is 8.70. The molecule has 0 atom stereocenters. The van der Waals surface area contributed by atoms with E-state index in [1.165, 1.54) is 6.92 Å². The second-order valence-corrected chi connectivity index (χ2v) is 6.58. The summed E-state index contributed by atoms with van der Waals surface area (Å²) in [6.07, 6.45) is 3.65. The zero-order valence-corrected chi connectivity index (χ0v) is 14.7. The number of amides is 2. The fourth-order valence-corrected chi connectivity index (χ4v) is 3.18. The van der Waals surface area contributed by atoms with Crippen molar-refractivity contribution in [2.45, 2.75) is 26.7 Å². The number of hydrogen-bond donors (Lipinski definition) is 1. The molecule has 1 aromatic carbocycles. The third-order valence-corrected chi connectivity index (χ3v) is 4.69. The van der Waals surface area contributed by atoms with E-state index < -0.39 is 0 Å². The van der Waals surface area contributed by atoms with E-state index in [4.69, 9.17) is 0 Å². The summed E-state index contributed by atoms with van der Waals surface area (Å²) in [5.74, 6) is 0.487. The summed E-state index contributed by atoms with van der Waals surface area (Å²) in [7, 11) is 0. The van der Waals surface area contributed by atoms with Crippen LogP contribution in [-0.2, 0) is 4.79 Å². The van der Waals surface area contributed by atoms with Crippen LogP contribution in [0.25, 0.3) is 5.69 Å². The number of nitrogens with zero attached hydrogens (tertiary/aromatic N) is 3. The zero-order valence-electron chi connectivity index (χ0n) is 14.7. The Bertz CT molecular complexity index is 746. The van der Waals surface area contributed by atoms with Crippen molar-refractivity contribution in [3.63, 3.8) is 0 Å². The van der Waals surface area contributed by atoms with Gasteiger partial charge in [-0.15, -0.1) is 0 Å². The molecule has 0 spiro atoms. The molecule has 0 aliphatic carbocycles. The van der Waals surface area contributed by atoms with Crippen molar-refractivity contribution in [1.82, 2.24) is 20.0 Å². The lowest BCUT2D eigenvalue weighted by Gasteiger charge is -2.32. The molecule has 25 heavy (non-hydrogen) atoms. The molecule has 0 radical (unpaired) electrons. The normalized spacial score (nSPS) is 15.2. The average Bonchev–Trinajstić information content (AvgIpc) is 3.02. The highest BCUT2D eigenvalue weighted by molar-refractivity contribution is 5.95. The van der Waals surface area contributed by atoms with E-state index in [0.29, 0.717) is 18.0 Å². The van der Waals surface area contributed by atoms with Crippen LogP contribution in [0.2, 0.25) is 0 Å². The van der Waals surface area contributed by atoms with Crippen LogP contribution in [0.5, 0.6) is 0 Å². The number of carbonyl (C=O) groups excluding carboxylic acids is 2. The molecule has 1 aromatic heterocycles. The zero-order chi connectivity index (χ0) is 17.8. The molecule has 132 valence electrons. The van der Waals surface area contributed by atoms with Gasteiger partial charge in [-0.3, -0.25) is 9.59 Å². The Kier molecular flexibility index (Phi) is 5.16. The van der Waals surface area contributed by atoms with Gasteiger partial charge in [-0.1, -0.05) is 18.2 Å². The summed E-state index contributed by atoms with van der Waals surface area (Å²) >= 11 is 0. The standard InChI is InChI=1S/C19H24N4O2/c1-14-18(13-23(21-14)17-6-4-3-5-7-17)19(25)22-10-8-16(9-11-22)12-20-15(2)24/h3-7,13,16H,8-12H2,1-2H3,(H,20,24). The third-order valence-electron chi connectivity index (χ3n) is 4.69. The Morgan fingerprint density at radius 1 is 1.20 bits per heavy atom. The Labute approximate surface area is 147 Å². The number of benzene rings is 1. The Morgan fingerprint density at radius 2 is 1.88 bits per heavy atom. The molecule has 1 aliphatic heterocycles. The Hall–Kier alpha value is -2.63. The number of likely N-dealkylation sites (tertiary alicyclic amines) is 1. The molecule has 0 bridgehead atoms. The van der Waals surface area contributed by atoms with Crippen LogP contribution >= 0.6 is 0 Å². The molecule has 0 unspecified atom stereocenters. The number of nitrogens with one attached hydrogen (secondary N) is 1. The second kappa shape index (κ2) is 7.51. The molecular formula is C19H24N4O2. The SMILES string of the molecule is CC(=O)NCC1CCN(C(=O)c2cn(-c3ccccc3)nc2C)CC1. The van der Waals surface area contributed by atoms with Gasteiger partial charge in [-0.25, -0.2) is 4.68 Å². The van der Waals surface area contributed by atoms with Crippen LogP contribution in [0.4, 0.5) is 0 Å². The van der Waals surface area contributed by atoms with Crippen LogP contribution in [0, 0.1) is 12.8 Å². The lowest BCUT2D eigenvalue weighted by Crippen LogP contribution is -2.41. The first-order valence-electron chi connectivity index (χ1n) is 8.70. The van der Waals surface area contributed by atoms with Gasteiger partial charge >= 0.3 is 0 Å². The molecule has 2 heterocycles. The maximum Gasteiger partial charge on any atom is 0.257 e. The second-order valence-electron chi connectivity index (χ2n) is 6.58. The van der Waals surface area contributed by atoms with Gasteiger partial charge in [0.05, 0.1) is 16.9 Å². The van der Waals surface area contributed by atoms with Crippen LogP contribution in [0.3, 0.4) is 0 Å². The number of rotatable bonds is 4. The van der Waals surface area contributed by atoms with Gasteiger partial charge in [0, 0.05) is 32.8 Å². The number of piperidine rings is 1. The predicted octanol–water partition coefficient (Wildman–Crippen LogP) is 2.17. The summed E-state index contributed by atoms with van der Waals surface area (Å²) < 4.78 is 1.76. The fraction of sp³-hybridized carbons (Fsp3) is 0.421. The molecule has 1 fully saturated rings. The highest BCUT2D eigenvalue weighted by atomic mass is 16.2. The molecule has 1 saturated heterocycles. The number of aromatic nitrogens is 2. The summed E-state index contributed by atoms with van der Waals surface area (Å²) in [4.78, 5) is 25.7. The van der Waals surface area contributed by atoms with Crippen molar-refractivity contribution in [3.05, 3.63) is 47.8 Å². The van der Waals surface area contributed by atoms with E-state index in [2.05, 4.69) is 10.4 Å². The number of carbonyl (C=O) groups is 2. The lowest BCUT2D eigenvalue weighted by atomic mass is 9.96. The van der Waals surface area contributed by atoms with E-state index in [0.717, 1.165) is 37.3 Å². The van der Waals surface area contributed by atoms with Gasteiger partial charge in [-0.05, 0) is 37.8 Å². The molecule has 2 amide bonds. The minimum atomic E-state index is 0.00227. The Balaban J connectivity index is 1.64. The van der Waals surface area contributed by atoms with Gasteiger partial charge in [0.2, 0.25) is 5.91 Å². The molecule has 6 nitrogen and oxygen atoms in total. The Morgan fingerprint density at radius 3 is 2.52 bits per heavy atom. The average molecular weight is 340 g/mol. The first kappa shape index (κ1) is 17.2. The van der Waals surface area contributed by atoms with E-state index in [1.54, 1.807) is 4.68 Å². The van der Waals surface area contributed by atoms with Crippen molar-refractivity contribution in [1.29, 1.82) is 0 Å². The molecule has 2 aromatic rings. The van der Waals surface area contributed by atoms with Crippen molar-refractivity contribution in [2.24, 2.45) is 5.92 Å². The van der Waals surface area contributed by atoms with Gasteiger partial charge in [0.25, 0.3) is 5.91 Å². The van der Waals surface area contributed by atoms with Crippen molar-refractivity contribution < 1.29 is 9.59 Å². The first-order chi connectivity index (χ1) is 12.0. The van der Waals surface area contributed by atoms with Gasteiger partial charge < -0.3 is 10.2 Å². The van der Waals surface area contributed by atoms with E-state index >= 15 is 0 Å². The third kappa shape index (κ3) is 4.07. The van der Waals surface area contributed by atoms with Crippen LogP contribution in [-0.4, -0.2) is 46.1 Å². The highest BCUT2D eigenvalue weighted by Crippen LogP contribution is 2.20. The quantitative estimate of drug-likeness (QED) is 0.927. The topological polar surface area (TPSA) is 67.2 Å². The molecule has 6 heteroatoms. The van der Waals surface area contributed by atoms with E-state index in [-0.39, 0.29) is 11.8 Å². The van der Waals surface area contributed by atoms with Crippen molar-refractivity contribution in [2.75, 3.05) is 19.6 Å². The largest absolute Gasteiger partial charge is 0.356 e. The summed E-state index contributed by atoms with van der Waals surface area (Å²) in [5.41, 5.74) is 2.34. The molecular weight excluding hydrogens is 316 g/mol.